The zero-order chi connectivity index (χ0) is 13.4. The molecule has 17 heavy (non-hydrogen) atoms. The van der Waals surface area contributed by atoms with Crippen LogP contribution in [0.5, 0.6) is 5.75 Å². The van der Waals surface area contributed by atoms with Gasteiger partial charge in [0.25, 0.3) is 11.5 Å². The lowest BCUT2D eigenvalue weighted by Crippen LogP contribution is -2.03. The molecule has 0 radical (unpaired) electrons. The average Bonchev–Trinajstić information content (AvgIpc) is 2.14. The largest absolute Gasteiger partial charge is 0.501 e. The van der Waals surface area contributed by atoms with E-state index in [0.29, 0.717) is 0 Å². The number of nitrogens with zero attached hydrogens (tertiary/aromatic N) is 2. The first-order valence-electron chi connectivity index (χ1n) is 3.75. The first-order valence-corrected chi connectivity index (χ1v) is 6.06. The van der Waals surface area contributed by atoms with Crippen molar-refractivity contribution >= 4 is 25.6 Å². The van der Waals surface area contributed by atoms with Gasteiger partial charge >= 0.3 is 14.9 Å². The predicted molar refractivity (Wildman–Crippen MR) is 50.6 cm³/mol. The normalized spacial score (nSPS) is 11.8. The Morgan fingerprint density at radius 3 is 2.41 bits per heavy atom. The molecule has 1 heterocycles. The molecule has 0 amide bonds. The van der Waals surface area contributed by atoms with Gasteiger partial charge in [0.2, 0.25) is 5.75 Å². The Labute approximate surface area is 97.2 Å². The van der Waals surface area contributed by atoms with Crippen LogP contribution in [0.1, 0.15) is 12.0 Å². The molecule has 0 atom stereocenters. The average molecular weight is 289 g/mol. The number of pyridine rings is 1. The lowest BCUT2D eigenvalue weighted by Gasteiger charge is -2.03. The smallest absolute Gasteiger partial charge is 0.407 e. The quantitative estimate of drug-likeness (QED) is 0.513. The van der Waals surface area contributed by atoms with Gasteiger partial charge in [0.05, 0.1) is 5.56 Å². The summed E-state index contributed by atoms with van der Waals surface area (Å²) in [5.74, 6) is -2.80. The molecular weight excluding hydrogens is 286 g/mol. The lowest BCUT2D eigenvalue weighted by molar-refractivity contribution is -0.391. The van der Waals surface area contributed by atoms with Crippen LogP contribution in [-0.2, 0) is 9.05 Å². The molecule has 94 valence electrons. The van der Waals surface area contributed by atoms with Crippen molar-refractivity contribution in [2.75, 3.05) is 0 Å². The van der Waals surface area contributed by atoms with Crippen molar-refractivity contribution < 1.29 is 27.2 Å². The number of rotatable bonds is 3. The molecule has 0 unspecified atom stereocenters. The van der Waals surface area contributed by atoms with Gasteiger partial charge in [-0.1, -0.05) is 0 Å². The topological polar surface area (TPSA) is 110 Å². The zero-order valence-electron chi connectivity index (χ0n) is 7.67. The summed E-state index contributed by atoms with van der Waals surface area (Å²) in [6.07, 6.45) is -3.31. The summed E-state index contributed by atoms with van der Waals surface area (Å²) < 4.78 is 46.5. The van der Waals surface area contributed by atoms with Crippen LogP contribution in [0.4, 0.5) is 14.6 Å². The molecule has 11 heteroatoms. The van der Waals surface area contributed by atoms with Crippen molar-refractivity contribution in [3.8, 4) is 5.75 Å². The van der Waals surface area contributed by atoms with E-state index >= 15 is 0 Å². The van der Waals surface area contributed by atoms with E-state index in [4.69, 9.17) is 15.8 Å². The van der Waals surface area contributed by atoms with E-state index in [1.807, 2.05) is 0 Å². The standard InChI is InChI=1S/C6H3ClF2N2O5S/c7-17(15,16)3-1-2(5(8)9)4(12)6(10-3)11(13)14/h1,5,12H. The highest BCUT2D eigenvalue weighted by Crippen LogP contribution is 2.36. The summed E-state index contributed by atoms with van der Waals surface area (Å²) in [5.41, 5.74) is -1.23. The predicted octanol–water partition coefficient (Wildman–Crippen LogP) is 1.56. The number of alkyl halides is 2. The van der Waals surface area contributed by atoms with Crippen LogP contribution in [0.25, 0.3) is 0 Å². The van der Waals surface area contributed by atoms with Crippen LogP contribution in [0.3, 0.4) is 0 Å². The number of halogens is 3. The summed E-state index contributed by atoms with van der Waals surface area (Å²) in [6.45, 7) is 0. The molecule has 0 fully saturated rings. The lowest BCUT2D eigenvalue weighted by atomic mass is 10.2. The van der Waals surface area contributed by atoms with Crippen molar-refractivity contribution in [2.45, 2.75) is 11.5 Å². The highest BCUT2D eigenvalue weighted by atomic mass is 35.7. The Kier molecular flexibility index (Phi) is 3.48. The Morgan fingerprint density at radius 1 is 1.53 bits per heavy atom. The molecule has 1 aromatic rings. The fraction of sp³-hybridized carbons (Fsp3) is 0.167. The van der Waals surface area contributed by atoms with Gasteiger partial charge < -0.3 is 15.2 Å². The number of aromatic nitrogens is 1. The maximum absolute atomic E-state index is 12.4. The van der Waals surface area contributed by atoms with Crippen LogP contribution in [0, 0.1) is 10.1 Å². The van der Waals surface area contributed by atoms with Crippen molar-refractivity contribution in [3.63, 3.8) is 0 Å². The Balaban J connectivity index is 3.65. The first-order chi connectivity index (χ1) is 7.64. The van der Waals surface area contributed by atoms with Gasteiger partial charge in [-0.3, -0.25) is 0 Å². The summed E-state index contributed by atoms with van der Waals surface area (Å²) in [5, 5.41) is 18.3. The van der Waals surface area contributed by atoms with Crippen molar-refractivity contribution in [1.29, 1.82) is 0 Å². The molecule has 0 spiro atoms. The maximum atomic E-state index is 12.4. The van der Waals surface area contributed by atoms with E-state index in [2.05, 4.69) is 4.98 Å². The summed E-state index contributed by atoms with van der Waals surface area (Å²) in [6, 6.07) is 0.273. The SMILES string of the molecule is O=[N+]([O-])c1nc(S(=O)(=O)Cl)cc(C(F)F)c1O. The minimum absolute atomic E-state index is 0.273. The second kappa shape index (κ2) is 4.37. The van der Waals surface area contributed by atoms with E-state index in [0.717, 1.165) is 0 Å². The minimum Gasteiger partial charge on any atom is -0.501 e. The number of nitro groups is 1. The molecular formula is C6H3ClF2N2O5S. The zero-order valence-corrected chi connectivity index (χ0v) is 9.24. The molecule has 0 bridgehead atoms. The first kappa shape index (κ1) is 13.5. The molecule has 1 N–H and O–H groups in total. The highest BCUT2D eigenvalue weighted by molar-refractivity contribution is 8.13. The second-order valence-corrected chi connectivity index (χ2v) is 5.23. The van der Waals surface area contributed by atoms with Crippen LogP contribution in [0.15, 0.2) is 11.1 Å². The van der Waals surface area contributed by atoms with Gasteiger partial charge in [-0.15, -0.1) is 0 Å². The van der Waals surface area contributed by atoms with Gasteiger partial charge in [-0.25, -0.2) is 17.2 Å². The fourth-order valence-corrected chi connectivity index (χ4v) is 1.64. The van der Waals surface area contributed by atoms with E-state index in [-0.39, 0.29) is 6.07 Å². The van der Waals surface area contributed by atoms with Gasteiger partial charge in [0.1, 0.15) is 0 Å². The third-order valence-corrected chi connectivity index (χ3v) is 2.82. The fourth-order valence-electron chi connectivity index (χ4n) is 0.939. The summed E-state index contributed by atoms with van der Waals surface area (Å²) in [4.78, 5) is 12.0. The van der Waals surface area contributed by atoms with Crippen LogP contribution < -0.4 is 0 Å². The van der Waals surface area contributed by atoms with E-state index in [1.165, 1.54) is 0 Å². The molecule has 0 aliphatic heterocycles. The number of hydrogen-bond donors (Lipinski definition) is 1. The Morgan fingerprint density at radius 2 is 2.06 bits per heavy atom. The maximum Gasteiger partial charge on any atom is 0.407 e. The molecule has 0 aliphatic carbocycles. The van der Waals surface area contributed by atoms with Gasteiger partial charge in [-0.05, 0) is 9.91 Å². The van der Waals surface area contributed by atoms with Crippen LogP contribution in [0.2, 0.25) is 0 Å². The second-order valence-electron chi connectivity index (χ2n) is 2.72. The highest BCUT2D eigenvalue weighted by Gasteiger charge is 2.31. The minimum atomic E-state index is -4.52. The number of aromatic hydroxyl groups is 1. The molecule has 1 rings (SSSR count). The molecule has 1 aromatic heterocycles. The van der Waals surface area contributed by atoms with Crippen LogP contribution in [-0.4, -0.2) is 23.4 Å². The molecule has 0 aliphatic rings. The van der Waals surface area contributed by atoms with Crippen LogP contribution >= 0.6 is 10.7 Å². The van der Waals surface area contributed by atoms with Crippen molar-refractivity contribution in [1.82, 2.24) is 4.98 Å². The molecule has 0 saturated carbocycles. The molecule has 0 aromatic carbocycles. The third-order valence-electron chi connectivity index (χ3n) is 1.64. The van der Waals surface area contributed by atoms with Gasteiger partial charge in [-0.2, -0.15) is 0 Å². The summed E-state index contributed by atoms with van der Waals surface area (Å²) in [7, 11) is 0.305. The monoisotopic (exact) mass is 288 g/mol. The Hall–Kier alpha value is -1.55. The summed E-state index contributed by atoms with van der Waals surface area (Å²) >= 11 is 0. The van der Waals surface area contributed by atoms with Crippen molar-refractivity contribution in [2.24, 2.45) is 0 Å². The van der Waals surface area contributed by atoms with Crippen molar-refractivity contribution in [3.05, 3.63) is 21.7 Å². The molecule has 0 saturated heterocycles. The van der Waals surface area contributed by atoms with Gasteiger partial charge in [0, 0.05) is 16.7 Å². The van der Waals surface area contributed by atoms with Gasteiger partial charge in [0.15, 0.2) is 0 Å². The number of hydrogen-bond acceptors (Lipinski definition) is 6. The van der Waals surface area contributed by atoms with E-state index < -0.39 is 42.6 Å². The molecule has 7 nitrogen and oxygen atoms in total. The van der Waals surface area contributed by atoms with E-state index in [9.17, 15) is 27.3 Å². The third kappa shape index (κ3) is 2.77. The Bertz CT molecular complexity index is 576. The van der Waals surface area contributed by atoms with E-state index in [1.54, 1.807) is 0 Å².